The van der Waals surface area contributed by atoms with E-state index in [1.165, 1.54) is 7.11 Å². The molecule has 0 aliphatic rings. The molecule has 0 radical (unpaired) electrons. The molecule has 0 aliphatic heterocycles. The van der Waals surface area contributed by atoms with Crippen LogP contribution < -0.4 is 5.73 Å². The molecule has 1 aromatic heterocycles. The van der Waals surface area contributed by atoms with Crippen molar-refractivity contribution in [3.8, 4) is 0 Å². The zero-order chi connectivity index (χ0) is 12.6. The highest BCUT2D eigenvalue weighted by Crippen LogP contribution is 2.30. The van der Waals surface area contributed by atoms with Crippen molar-refractivity contribution in [1.82, 2.24) is 4.98 Å². The summed E-state index contributed by atoms with van der Waals surface area (Å²) >= 11 is 0. The van der Waals surface area contributed by atoms with Gasteiger partial charge in [-0.15, -0.1) is 0 Å². The number of aromatic nitrogens is 1. The number of ether oxygens (including phenoxy) is 1. The van der Waals surface area contributed by atoms with E-state index < -0.39 is 5.97 Å². The molecule has 17 heavy (non-hydrogen) atoms. The number of rotatable bonds is 1. The smallest absolute Gasteiger partial charge is 0.340 e. The highest BCUT2D eigenvalue weighted by atomic mass is 16.5. The fourth-order valence-corrected chi connectivity index (χ4v) is 1.99. The summed E-state index contributed by atoms with van der Waals surface area (Å²) in [6, 6.07) is 3.66. The quantitative estimate of drug-likeness (QED) is 0.602. The van der Waals surface area contributed by atoms with Gasteiger partial charge in [0.15, 0.2) is 0 Å². The fourth-order valence-electron chi connectivity index (χ4n) is 1.99. The number of esters is 1. The van der Waals surface area contributed by atoms with Gasteiger partial charge in [0.25, 0.3) is 0 Å². The van der Waals surface area contributed by atoms with Crippen LogP contribution >= 0.6 is 0 Å². The van der Waals surface area contributed by atoms with E-state index in [2.05, 4.69) is 4.98 Å². The topological polar surface area (TPSA) is 65.2 Å². The van der Waals surface area contributed by atoms with E-state index in [4.69, 9.17) is 10.5 Å². The lowest BCUT2D eigenvalue weighted by Crippen LogP contribution is -2.10. The zero-order valence-electron chi connectivity index (χ0n) is 10.1. The molecule has 2 rings (SSSR count). The van der Waals surface area contributed by atoms with Crippen LogP contribution in [0.25, 0.3) is 10.9 Å². The Morgan fingerprint density at radius 1 is 1.35 bits per heavy atom. The normalized spacial score (nSPS) is 10.5. The van der Waals surface area contributed by atoms with Crippen LogP contribution in [0.1, 0.15) is 21.5 Å². The van der Waals surface area contributed by atoms with Crippen LogP contribution in [0.15, 0.2) is 18.3 Å². The van der Waals surface area contributed by atoms with E-state index >= 15 is 0 Å². The van der Waals surface area contributed by atoms with Crippen molar-refractivity contribution in [2.24, 2.45) is 0 Å². The predicted octanol–water partition coefficient (Wildman–Crippen LogP) is 2.22. The van der Waals surface area contributed by atoms with Gasteiger partial charge in [0.2, 0.25) is 0 Å². The van der Waals surface area contributed by atoms with Crippen LogP contribution in [-0.2, 0) is 4.74 Å². The Morgan fingerprint density at radius 3 is 2.71 bits per heavy atom. The summed E-state index contributed by atoms with van der Waals surface area (Å²) in [4.78, 5) is 16.0. The minimum absolute atomic E-state index is 0.408. The average molecular weight is 230 g/mol. The lowest BCUT2D eigenvalue weighted by atomic mass is 9.97. The Hall–Kier alpha value is -2.10. The van der Waals surface area contributed by atoms with Gasteiger partial charge < -0.3 is 10.5 Å². The fraction of sp³-hybridized carbons (Fsp3) is 0.231. The molecule has 88 valence electrons. The summed E-state index contributed by atoms with van der Waals surface area (Å²) < 4.78 is 4.76. The lowest BCUT2D eigenvalue weighted by Gasteiger charge is -2.13. The number of benzene rings is 1. The summed E-state index contributed by atoms with van der Waals surface area (Å²) in [5.41, 5.74) is 9.50. The van der Waals surface area contributed by atoms with E-state index in [0.717, 1.165) is 22.0 Å². The molecule has 0 saturated carbocycles. The molecule has 4 nitrogen and oxygen atoms in total. The Kier molecular flexibility index (Phi) is 2.71. The summed E-state index contributed by atoms with van der Waals surface area (Å²) in [5.74, 6) is -0.408. The van der Waals surface area contributed by atoms with Crippen molar-refractivity contribution in [3.63, 3.8) is 0 Å². The highest BCUT2D eigenvalue weighted by Gasteiger charge is 2.19. The van der Waals surface area contributed by atoms with Gasteiger partial charge in [-0.2, -0.15) is 0 Å². The first-order valence-electron chi connectivity index (χ1n) is 5.29. The summed E-state index contributed by atoms with van der Waals surface area (Å²) in [6.07, 6.45) is 1.71. The largest absolute Gasteiger partial charge is 0.465 e. The third-order valence-electron chi connectivity index (χ3n) is 3.05. The van der Waals surface area contributed by atoms with Gasteiger partial charge in [0.05, 0.1) is 23.9 Å². The molecule has 0 spiro atoms. The van der Waals surface area contributed by atoms with Gasteiger partial charge in [-0.1, -0.05) is 0 Å². The number of pyridine rings is 1. The zero-order valence-corrected chi connectivity index (χ0v) is 10.1. The first-order chi connectivity index (χ1) is 8.07. The van der Waals surface area contributed by atoms with Crippen molar-refractivity contribution >= 4 is 22.6 Å². The number of fused-ring (bicyclic) bond motifs is 1. The Morgan fingerprint density at radius 2 is 2.06 bits per heavy atom. The molecule has 0 amide bonds. The maximum Gasteiger partial charge on any atom is 0.340 e. The molecule has 0 atom stereocenters. The second-order valence-electron chi connectivity index (χ2n) is 3.93. The molecule has 1 heterocycles. The molecule has 0 unspecified atom stereocenters. The SMILES string of the molecule is COC(=O)c1c(C)c(C)c2ncccc2c1N. The van der Waals surface area contributed by atoms with E-state index in [0.29, 0.717) is 11.3 Å². The predicted molar refractivity (Wildman–Crippen MR) is 67.0 cm³/mol. The van der Waals surface area contributed by atoms with E-state index in [1.54, 1.807) is 12.3 Å². The second-order valence-corrected chi connectivity index (χ2v) is 3.93. The molecule has 2 N–H and O–H groups in total. The second kappa shape index (κ2) is 4.05. The number of anilines is 1. The highest BCUT2D eigenvalue weighted by molar-refractivity contribution is 6.07. The molecule has 4 heteroatoms. The molecular weight excluding hydrogens is 216 g/mol. The number of carbonyl (C=O) groups excluding carboxylic acids is 1. The van der Waals surface area contributed by atoms with Crippen molar-refractivity contribution in [3.05, 3.63) is 35.0 Å². The van der Waals surface area contributed by atoms with Crippen LogP contribution in [0.3, 0.4) is 0 Å². The average Bonchev–Trinajstić information content (AvgIpc) is 2.36. The lowest BCUT2D eigenvalue weighted by molar-refractivity contribution is 0.0601. The number of carbonyl (C=O) groups is 1. The number of aryl methyl sites for hydroxylation is 1. The van der Waals surface area contributed by atoms with E-state index in [-0.39, 0.29) is 0 Å². The third kappa shape index (κ3) is 1.62. The summed E-state index contributed by atoms with van der Waals surface area (Å²) in [5, 5.41) is 0.788. The summed E-state index contributed by atoms with van der Waals surface area (Å²) in [6.45, 7) is 3.78. The maximum absolute atomic E-state index is 11.7. The van der Waals surface area contributed by atoms with Gasteiger partial charge in [0.1, 0.15) is 0 Å². The number of nitrogen functional groups attached to an aromatic ring is 1. The first-order valence-corrected chi connectivity index (χ1v) is 5.29. The third-order valence-corrected chi connectivity index (χ3v) is 3.05. The molecule has 1 aromatic carbocycles. The number of nitrogens with zero attached hydrogens (tertiary/aromatic N) is 1. The van der Waals surface area contributed by atoms with Crippen LogP contribution in [0, 0.1) is 13.8 Å². The van der Waals surface area contributed by atoms with Crippen molar-refractivity contribution in [2.45, 2.75) is 13.8 Å². The minimum atomic E-state index is -0.408. The van der Waals surface area contributed by atoms with Crippen molar-refractivity contribution in [2.75, 3.05) is 12.8 Å². The van der Waals surface area contributed by atoms with Crippen LogP contribution in [0.4, 0.5) is 5.69 Å². The first kappa shape index (κ1) is 11.4. The molecule has 0 bridgehead atoms. The van der Waals surface area contributed by atoms with Crippen LogP contribution in [-0.4, -0.2) is 18.1 Å². The number of methoxy groups -OCH3 is 1. The Bertz CT molecular complexity index is 606. The van der Waals surface area contributed by atoms with Crippen molar-refractivity contribution < 1.29 is 9.53 Å². The molecule has 0 saturated heterocycles. The monoisotopic (exact) mass is 230 g/mol. The van der Waals surface area contributed by atoms with Gasteiger partial charge in [0, 0.05) is 11.6 Å². The Balaban J connectivity index is 2.91. The van der Waals surface area contributed by atoms with E-state index in [9.17, 15) is 4.79 Å². The number of hydrogen-bond donors (Lipinski definition) is 1. The van der Waals surface area contributed by atoms with Crippen molar-refractivity contribution in [1.29, 1.82) is 0 Å². The maximum atomic E-state index is 11.7. The standard InChI is InChI=1S/C13H14N2O2/c1-7-8(2)12-9(5-4-6-15-12)11(14)10(7)13(16)17-3/h4-6H,14H2,1-3H3. The molecular formula is C13H14N2O2. The molecule has 0 fully saturated rings. The summed E-state index contributed by atoms with van der Waals surface area (Å²) in [7, 11) is 1.35. The van der Waals surface area contributed by atoms with Gasteiger partial charge in [-0.05, 0) is 37.1 Å². The van der Waals surface area contributed by atoms with Gasteiger partial charge in [-0.25, -0.2) is 4.79 Å². The van der Waals surface area contributed by atoms with Crippen LogP contribution in [0.5, 0.6) is 0 Å². The van der Waals surface area contributed by atoms with Gasteiger partial charge in [-0.3, -0.25) is 4.98 Å². The van der Waals surface area contributed by atoms with Gasteiger partial charge >= 0.3 is 5.97 Å². The van der Waals surface area contributed by atoms with E-state index in [1.807, 2.05) is 19.9 Å². The number of nitrogens with two attached hydrogens (primary N) is 1. The molecule has 0 aliphatic carbocycles. The van der Waals surface area contributed by atoms with Crippen LogP contribution in [0.2, 0.25) is 0 Å². The molecule has 2 aromatic rings. The Labute approximate surface area is 99.4 Å². The minimum Gasteiger partial charge on any atom is -0.465 e. The number of hydrogen-bond acceptors (Lipinski definition) is 4.